The van der Waals surface area contributed by atoms with E-state index in [4.69, 9.17) is 5.73 Å². The molecular weight excluding hydrogens is 272 g/mol. The van der Waals surface area contributed by atoms with Crippen molar-refractivity contribution in [3.63, 3.8) is 0 Å². The summed E-state index contributed by atoms with van der Waals surface area (Å²) in [5, 5.41) is 3.20. The molecule has 1 fully saturated rings. The Hall–Kier alpha value is -1.06. The zero-order chi connectivity index (χ0) is 13.8. The van der Waals surface area contributed by atoms with Gasteiger partial charge in [0.25, 0.3) is 0 Å². The van der Waals surface area contributed by atoms with E-state index >= 15 is 0 Å². The molecule has 0 heterocycles. The Morgan fingerprint density at radius 3 is 2.40 bits per heavy atom. The molecule has 112 valence electrons. The summed E-state index contributed by atoms with van der Waals surface area (Å²) in [7, 11) is 0. The number of hydrogen-bond acceptors (Lipinski definition) is 2. The molecule has 1 aliphatic rings. The summed E-state index contributed by atoms with van der Waals surface area (Å²) in [6.45, 7) is 4.27. The molecular formula is C16H25ClN2O. The van der Waals surface area contributed by atoms with Gasteiger partial charge in [-0.2, -0.15) is 0 Å². The Morgan fingerprint density at radius 2 is 1.90 bits per heavy atom. The van der Waals surface area contributed by atoms with Gasteiger partial charge >= 0.3 is 0 Å². The molecule has 3 nitrogen and oxygen atoms in total. The van der Waals surface area contributed by atoms with Gasteiger partial charge < -0.3 is 11.1 Å². The fraction of sp³-hybridized carbons (Fsp3) is 0.562. The van der Waals surface area contributed by atoms with Gasteiger partial charge in [0.1, 0.15) is 0 Å². The van der Waals surface area contributed by atoms with E-state index in [-0.39, 0.29) is 36.3 Å². The minimum absolute atomic E-state index is 0. The van der Waals surface area contributed by atoms with Crippen LogP contribution in [-0.2, 0) is 4.79 Å². The lowest BCUT2D eigenvalue weighted by Gasteiger charge is -2.24. The summed E-state index contributed by atoms with van der Waals surface area (Å²) in [6.07, 6.45) is 2.72. The molecule has 1 saturated carbocycles. The molecule has 0 aliphatic heterocycles. The van der Waals surface area contributed by atoms with E-state index in [0.717, 1.165) is 19.3 Å². The average molecular weight is 297 g/mol. The van der Waals surface area contributed by atoms with Gasteiger partial charge in [-0.05, 0) is 30.7 Å². The van der Waals surface area contributed by atoms with Crippen LogP contribution in [0.4, 0.5) is 0 Å². The molecule has 20 heavy (non-hydrogen) atoms. The van der Waals surface area contributed by atoms with E-state index in [1.807, 2.05) is 18.2 Å². The Morgan fingerprint density at radius 1 is 1.25 bits per heavy atom. The third-order valence-corrected chi connectivity index (χ3v) is 3.97. The zero-order valence-electron chi connectivity index (χ0n) is 12.2. The van der Waals surface area contributed by atoms with Gasteiger partial charge in [0.05, 0.1) is 6.04 Å². The van der Waals surface area contributed by atoms with E-state index in [1.54, 1.807) is 0 Å². The zero-order valence-corrected chi connectivity index (χ0v) is 13.0. The normalized spacial score (nSPS) is 23.2. The molecule has 3 N–H and O–H groups in total. The number of benzene rings is 1. The third-order valence-electron chi connectivity index (χ3n) is 3.97. The molecule has 2 rings (SSSR count). The second-order valence-electron chi connectivity index (χ2n) is 5.91. The highest BCUT2D eigenvalue weighted by Gasteiger charge is 2.29. The molecule has 1 amide bonds. The highest BCUT2D eigenvalue weighted by atomic mass is 35.5. The number of nitrogens with one attached hydrogen (secondary N) is 1. The lowest BCUT2D eigenvalue weighted by atomic mass is 9.95. The Kier molecular flexibility index (Phi) is 6.50. The van der Waals surface area contributed by atoms with Gasteiger partial charge in [-0.25, -0.2) is 0 Å². The van der Waals surface area contributed by atoms with Crippen LogP contribution in [-0.4, -0.2) is 11.9 Å². The van der Waals surface area contributed by atoms with E-state index in [0.29, 0.717) is 5.92 Å². The predicted molar refractivity (Wildman–Crippen MR) is 84.7 cm³/mol. The minimum atomic E-state index is 0. The number of nitrogens with two attached hydrogens (primary N) is 1. The second kappa shape index (κ2) is 7.65. The summed E-state index contributed by atoms with van der Waals surface area (Å²) < 4.78 is 0. The molecule has 0 radical (unpaired) electrons. The van der Waals surface area contributed by atoms with Crippen molar-refractivity contribution < 1.29 is 4.79 Å². The first-order chi connectivity index (χ1) is 9.08. The van der Waals surface area contributed by atoms with Crippen LogP contribution in [0, 0.1) is 11.8 Å². The SMILES string of the molecule is CC(C)C(NC(=O)C1CCC(N)C1)c1ccccc1.Cl. The van der Waals surface area contributed by atoms with Gasteiger partial charge in [-0.3, -0.25) is 4.79 Å². The summed E-state index contributed by atoms with van der Waals surface area (Å²) in [5.41, 5.74) is 7.06. The van der Waals surface area contributed by atoms with E-state index in [9.17, 15) is 4.79 Å². The largest absolute Gasteiger partial charge is 0.349 e. The molecule has 0 saturated heterocycles. The molecule has 1 aromatic carbocycles. The first-order valence-corrected chi connectivity index (χ1v) is 7.19. The smallest absolute Gasteiger partial charge is 0.223 e. The van der Waals surface area contributed by atoms with Crippen LogP contribution < -0.4 is 11.1 Å². The van der Waals surface area contributed by atoms with Crippen LogP contribution in [0.3, 0.4) is 0 Å². The number of amides is 1. The molecule has 1 aromatic rings. The van der Waals surface area contributed by atoms with Crippen molar-refractivity contribution in [1.29, 1.82) is 0 Å². The fourth-order valence-corrected chi connectivity index (χ4v) is 2.82. The van der Waals surface area contributed by atoms with Gasteiger partial charge in [-0.1, -0.05) is 44.2 Å². The number of carbonyl (C=O) groups excluding carboxylic acids is 1. The molecule has 0 bridgehead atoms. The van der Waals surface area contributed by atoms with Crippen LogP contribution in [0.1, 0.15) is 44.7 Å². The van der Waals surface area contributed by atoms with E-state index < -0.39 is 0 Å². The van der Waals surface area contributed by atoms with Crippen molar-refractivity contribution in [3.05, 3.63) is 35.9 Å². The van der Waals surface area contributed by atoms with Crippen LogP contribution >= 0.6 is 12.4 Å². The topological polar surface area (TPSA) is 55.1 Å². The van der Waals surface area contributed by atoms with Gasteiger partial charge in [0, 0.05) is 12.0 Å². The number of rotatable bonds is 4. The van der Waals surface area contributed by atoms with Crippen molar-refractivity contribution in [2.24, 2.45) is 17.6 Å². The highest BCUT2D eigenvalue weighted by Crippen LogP contribution is 2.27. The monoisotopic (exact) mass is 296 g/mol. The van der Waals surface area contributed by atoms with Crippen molar-refractivity contribution in [2.75, 3.05) is 0 Å². The predicted octanol–water partition coefficient (Wildman–Crippen LogP) is 3.05. The fourth-order valence-electron chi connectivity index (χ4n) is 2.82. The van der Waals surface area contributed by atoms with Gasteiger partial charge in [0.15, 0.2) is 0 Å². The first-order valence-electron chi connectivity index (χ1n) is 7.19. The maximum atomic E-state index is 12.3. The first kappa shape index (κ1) is 17.0. The lowest BCUT2D eigenvalue weighted by Crippen LogP contribution is -2.36. The molecule has 0 spiro atoms. The Bertz CT molecular complexity index is 422. The summed E-state index contributed by atoms with van der Waals surface area (Å²) in [6, 6.07) is 10.5. The molecule has 0 aromatic heterocycles. The van der Waals surface area contributed by atoms with E-state index in [2.05, 4.69) is 31.3 Å². The van der Waals surface area contributed by atoms with Crippen molar-refractivity contribution >= 4 is 18.3 Å². The summed E-state index contributed by atoms with van der Waals surface area (Å²) in [4.78, 5) is 12.3. The number of carbonyl (C=O) groups is 1. The highest BCUT2D eigenvalue weighted by molar-refractivity contribution is 5.85. The van der Waals surface area contributed by atoms with Crippen LogP contribution in [0.5, 0.6) is 0 Å². The standard InChI is InChI=1S/C16H24N2O.ClH/c1-11(2)15(12-6-4-3-5-7-12)18-16(19)13-8-9-14(17)10-13;/h3-7,11,13-15H,8-10,17H2,1-2H3,(H,18,19);1H. The molecule has 4 heteroatoms. The van der Waals surface area contributed by atoms with Crippen molar-refractivity contribution in [3.8, 4) is 0 Å². The maximum absolute atomic E-state index is 12.3. The van der Waals surface area contributed by atoms with Gasteiger partial charge in [-0.15, -0.1) is 12.4 Å². The quantitative estimate of drug-likeness (QED) is 0.897. The molecule has 3 unspecified atom stereocenters. The maximum Gasteiger partial charge on any atom is 0.223 e. The Labute approximate surface area is 127 Å². The van der Waals surface area contributed by atoms with Crippen LogP contribution in [0.25, 0.3) is 0 Å². The summed E-state index contributed by atoms with van der Waals surface area (Å²) >= 11 is 0. The molecule has 1 aliphatic carbocycles. The molecule has 3 atom stereocenters. The summed E-state index contributed by atoms with van der Waals surface area (Å²) in [5.74, 6) is 0.636. The second-order valence-corrected chi connectivity index (χ2v) is 5.91. The third kappa shape index (κ3) is 4.22. The number of hydrogen-bond donors (Lipinski definition) is 2. The van der Waals surface area contributed by atoms with Crippen molar-refractivity contribution in [2.45, 2.75) is 45.2 Å². The number of halogens is 1. The van der Waals surface area contributed by atoms with E-state index in [1.165, 1.54) is 5.56 Å². The Balaban J connectivity index is 0.00000200. The minimum Gasteiger partial charge on any atom is -0.349 e. The lowest BCUT2D eigenvalue weighted by molar-refractivity contribution is -0.125. The average Bonchev–Trinajstić information content (AvgIpc) is 2.83. The van der Waals surface area contributed by atoms with Crippen LogP contribution in [0.15, 0.2) is 30.3 Å². The van der Waals surface area contributed by atoms with Crippen LogP contribution in [0.2, 0.25) is 0 Å². The van der Waals surface area contributed by atoms with Gasteiger partial charge in [0.2, 0.25) is 5.91 Å². The van der Waals surface area contributed by atoms with Crippen molar-refractivity contribution in [1.82, 2.24) is 5.32 Å².